The lowest BCUT2D eigenvalue weighted by molar-refractivity contribution is -0.138. The van der Waals surface area contributed by atoms with Crippen molar-refractivity contribution in [2.75, 3.05) is 22.2 Å². The molecule has 5 heterocycles. The first-order valence-electron chi connectivity index (χ1n) is 47.0. The molecule has 0 bridgehead atoms. The molecule has 0 radical (unpaired) electrons. The molecule has 0 atom stereocenters. The molecule has 5 aromatic heterocycles. The van der Waals surface area contributed by atoms with Crippen LogP contribution >= 0.6 is 0 Å². The van der Waals surface area contributed by atoms with E-state index < -0.39 is 33.3 Å². The number of alkyl halides is 6. The number of aromatic nitrogens is 5. The second kappa shape index (κ2) is 44.4. The third-order valence-corrected chi connectivity index (χ3v) is 26.0. The number of carbonyl (C=O) groups is 5. The highest BCUT2D eigenvalue weighted by Gasteiger charge is 2.32. The van der Waals surface area contributed by atoms with Gasteiger partial charge in [-0.25, -0.2) is 23.4 Å². The van der Waals surface area contributed by atoms with E-state index in [0.717, 1.165) is 135 Å². The van der Waals surface area contributed by atoms with Crippen molar-refractivity contribution in [3.05, 3.63) is 483 Å². The minimum Gasteiger partial charge on any atom is -0.307 e. The molecule has 20 rings (SSSR count). The van der Waals surface area contributed by atoms with Gasteiger partial charge in [0.2, 0.25) is 0 Å². The number of nitrogens with one attached hydrogen (secondary N) is 3. The SMILES string of the molecule is Cc1ccc(-c2ccc3nc(CC(=O)c4ccc(C)c(C)c4)ccc3c2)cc1.Cc1ccc(-c2ccc3nc(CC(=O)c4cccc(C)c4)ccc3c2)cc1.Cc1ccc(C(=O)Nc2ccc3cc(-c4cccc(C(F)(F)F)c4)ccc3n2)cc1C.Cc1cccc(C(=O)Nc2ccc3cc(-c4ccc(S(C)(=O)=O)cc4)ccc3n2)c1.Cc1cccc(C(=O)Nc2ccc3cc(-c4cccc(C(F)(F)F)c4)ccc3n2)c1. The van der Waals surface area contributed by atoms with E-state index in [1.807, 2.05) is 175 Å². The van der Waals surface area contributed by atoms with Gasteiger partial charge in [-0.15, -0.1) is 0 Å². The van der Waals surface area contributed by atoms with Gasteiger partial charge in [-0.1, -0.05) is 216 Å². The van der Waals surface area contributed by atoms with E-state index in [-0.39, 0.29) is 29.3 Å². The van der Waals surface area contributed by atoms with Gasteiger partial charge in [-0.3, -0.25) is 33.9 Å². The quantitative estimate of drug-likeness (QED) is 0.0540. The van der Waals surface area contributed by atoms with E-state index >= 15 is 0 Å². The standard InChI is InChI=1S/C26H23NO.C25H19F3N2O.C25H21NO.C24H17F3N2O.C24H20N2O3S/c1-17-4-7-20(8-5-17)21-11-13-25-22(15-21)10-12-24(27-25)16-26(28)23-9-6-18(2)19(3)14-23;1-15-6-7-20(12-16(15)2)24(31)30-23-11-9-19-13-18(8-10-22(19)29-23)17-4-3-5-21(14-17)25(26,27)28;1-17-6-8-19(9-7-17)20-11-13-24-21(15-20)10-12-23(26-24)16-25(27)22-5-3-4-18(2)14-22;1-15-4-2-6-19(12-15)23(30)29-22-11-9-18-13-17(8-10-21(18)28-22)16-5-3-7-20(14-16)24(25,26)27;1-16-4-3-5-20(14-16)24(27)26-23-13-9-19-15-18(8-12-22(19)25-23)17-6-10-21(11-7-17)30(2,28)29/h4-15H,16H2,1-3H3;3-14H,1-2H3,(H,29,30,31);3-15H,16H2,1-2H3;2-14H,1H3,(H,28,29,30);3-15H,1-2H3,(H,25,26,27). The number of hydrogen-bond acceptors (Lipinski definition) is 12. The first-order chi connectivity index (χ1) is 69.9. The molecule has 15 nitrogen and oxygen atoms in total. The van der Waals surface area contributed by atoms with Gasteiger partial charge in [-0.2, -0.15) is 26.3 Å². The van der Waals surface area contributed by atoms with E-state index in [1.54, 1.807) is 127 Å². The molecular weight excluding hydrogens is 1860 g/mol. The number of hydrogen-bond donors (Lipinski definition) is 3. The van der Waals surface area contributed by atoms with Gasteiger partial charge in [0.1, 0.15) is 17.5 Å². The maximum Gasteiger partial charge on any atom is 0.416 e. The number of carbonyl (C=O) groups excluding carboxylic acids is 5. The number of amides is 3. The smallest absolute Gasteiger partial charge is 0.307 e. The molecule has 726 valence electrons. The Bertz CT molecular complexity index is 8510. The summed E-state index contributed by atoms with van der Waals surface area (Å²) in [5.74, 6) is 0.783. The number of rotatable bonds is 18. The van der Waals surface area contributed by atoms with Gasteiger partial charge >= 0.3 is 12.4 Å². The monoisotopic (exact) mass is 1960 g/mol. The number of sulfone groups is 1. The van der Waals surface area contributed by atoms with E-state index in [0.29, 0.717) is 85.2 Å². The molecule has 3 amide bonds. The van der Waals surface area contributed by atoms with Gasteiger partial charge in [0.05, 0.1) is 56.4 Å². The largest absolute Gasteiger partial charge is 0.416 e. The summed E-state index contributed by atoms with van der Waals surface area (Å²) in [6, 6.07) is 115. The van der Waals surface area contributed by atoms with Crippen molar-refractivity contribution in [1.29, 1.82) is 0 Å². The van der Waals surface area contributed by atoms with Crippen LogP contribution in [0.5, 0.6) is 0 Å². The lowest BCUT2D eigenvalue weighted by Gasteiger charge is -2.10. The number of Topliss-reactive ketones (excluding diaryl/α,β-unsaturated/α-hetero) is 2. The Labute approximate surface area is 842 Å². The highest BCUT2D eigenvalue weighted by atomic mass is 32.2. The number of anilines is 3. The normalized spacial score (nSPS) is 11.3. The second-order valence-corrected chi connectivity index (χ2v) is 38.2. The lowest BCUT2D eigenvalue weighted by atomic mass is 10.00. The fourth-order valence-electron chi connectivity index (χ4n) is 16.4. The van der Waals surface area contributed by atoms with Crippen LogP contribution in [0.25, 0.3) is 110 Å². The first kappa shape index (κ1) is 102. The van der Waals surface area contributed by atoms with E-state index in [4.69, 9.17) is 9.97 Å². The molecule has 20 aromatic rings. The van der Waals surface area contributed by atoms with Crippen LogP contribution in [-0.2, 0) is 35.0 Å². The van der Waals surface area contributed by atoms with Crippen LogP contribution in [0.1, 0.15) is 124 Å². The van der Waals surface area contributed by atoms with Gasteiger partial charge in [0.25, 0.3) is 17.7 Å². The van der Waals surface area contributed by atoms with Crippen molar-refractivity contribution in [2.24, 2.45) is 0 Å². The summed E-state index contributed by atoms with van der Waals surface area (Å²) in [4.78, 5) is 85.7. The summed E-state index contributed by atoms with van der Waals surface area (Å²) >= 11 is 0. The molecule has 146 heavy (non-hydrogen) atoms. The Hall–Kier alpha value is -17.4. The minimum absolute atomic E-state index is 0.0989. The third-order valence-electron chi connectivity index (χ3n) is 24.9. The fraction of sp³-hybridized carbons (Fsp3) is 0.113. The number of nitrogens with zero attached hydrogens (tertiary/aromatic N) is 5. The van der Waals surface area contributed by atoms with Crippen molar-refractivity contribution < 1.29 is 58.7 Å². The summed E-state index contributed by atoms with van der Waals surface area (Å²) in [5.41, 5.74) is 26.2. The van der Waals surface area contributed by atoms with Crippen LogP contribution in [-0.4, -0.2) is 68.9 Å². The van der Waals surface area contributed by atoms with Crippen LogP contribution in [0.2, 0.25) is 0 Å². The lowest BCUT2D eigenvalue weighted by Crippen LogP contribution is -2.13. The van der Waals surface area contributed by atoms with E-state index in [2.05, 4.69) is 137 Å². The predicted molar refractivity (Wildman–Crippen MR) is 574 cm³/mol. The maximum atomic E-state index is 13.0. The highest BCUT2D eigenvalue weighted by molar-refractivity contribution is 7.90. The number of ketones is 2. The van der Waals surface area contributed by atoms with Gasteiger partial charge < -0.3 is 16.0 Å². The van der Waals surface area contributed by atoms with Gasteiger partial charge in [-0.05, 0) is 334 Å². The molecule has 0 saturated carbocycles. The molecule has 0 aliphatic heterocycles. The molecule has 22 heteroatoms. The van der Waals surface area contributed by atoms with Crippen LogP contribution in [0, 0.1) is 62.3 Å². The van der Waals surface area contributed by atoms with Crippen molar-refractivity contribution in [2.45, 2.75) is 92.4 Å². The highest BCUT2D eigenvalue weighted by Crippen LogP contribution is 2.38. The summed E-state index contributed by atoms with van der Waals surface area (Å²) in [6.07, 6.45) is -6.95. The number of fused-ring (bicyclic) bond motifs is 5. The fourth-order valence-corrected chi connectivity index (χ4v) is 17.1. The van der Waals surface area contributed by atoms with Crippen molar-refractivity contribution in [3.8, 4) is 55.6 Å². The molecule has 0 aliphatic rings. The topological polar surface area (TPSA) is 220 Å². The summed E-state index contributed by atoms with van der Waals surface area (Å²) in [6.45, 7) is 18.0. The van der Waals surface area contributed by atoms with Crippen molar-refractivity contribution in [3.63, 3.8) is 0 Å². The average molecular weight is 1960 g/mol. The zero-order valence-electron chi connectivity index (χ0n) is 81.6. The Morgan fingerprint density at radius 1 is 0.247 bits per heavy atom. The third kappa shape index (κ3) is 26.1. The average Bonchev–Trinajstić information content (AvgIpc) is 0.777. The molecule has 3 N–H and O–H groups in total. The zero-order valence-corrected chi connectivity index (χ0v) is 82.4. The van der Waals surface area contributed by atoms with E-state index in [1.165, 1.54) is 57.3 Å². The van der Waals surface area contributed by atoms with Crippen LogP contribution in [0.4, 0.5) is 43.8 Å². The van der Waals surface area contributed by atoms with Crippen molar-refractivity contribution >= 4 is 111 Å². The molecular formula is C124H100F6N8O7S. The number of aryl methyl sites for hydroxylation is 9. The molecule has 0 fully saturated rings. The maximum absolute atomic E-state index is 13.0. The number of benzene rings is 15. The summed E-state index contributed by atoms with van der Waals surface area (Å²) in [7, 11) is -3.22. The molecule has 15 aromatic carbocycles. The molecule has 0 unspecified atom stereocenters. The Morgan fingerprint density at radius 3 is 0.856 bits per heavy atom. The summed E-state index contributed by atoms with van der Waals surface area (Å²) in [5, 5.41) is 13.0. The van der Waals surface area contributed by atoms with Crippen LogP contribution in [0.3, 0.4) is 0 Å². The molecule has 0 aliphatic carbocycles. The van der Waals surface area contributed by atoms with Crippen LogP contribution in [0.15, 0.2) is 387 Å². The minimum atomic E-state index is -4.39. The van der Waals surface area contributed by atoms with Crippen molar-refractivity contribution in [1.82, 2.24) is 24.9 Å². The Morgan fingerprint density at radius 2 is 0.521 bits per heavy atom. The van der Waals surface area contributed by atoms with E-state index in [9.17, 15) is 58.7 Å². The Kier molecular flexibility index (Phi) is 30.9. The number of pyridine rings is 5. The second-order valence-electron chi connectivity index (χ2n) is 36.2. The first-order valence-corrected chi connectivity index (χ1v) is 48.9. The van der Waals surface area contributed by atoms with Gasteiger partial charge in [0, 0.05) is 72.4 Å². The zero-order chi connectivity index (χ0) is 103. The molecule has 0 saturated heterocycles. The number of halogens is 6. The molecule has 0 spiro atoms. The van der Waals surface area contributed by atoms with Gasteiger partial charge in [0.15, 0.2) is 21.4 Å². The Balaban J connectivity index is 0.000000131. The summed E-state index contributed by atoms with van der Waals surface area (Å²) < 4.78 is 101. The van der Waals surface area contributed by atoms with Crippen LogP contribution < -0.4 is 16.0 Å². The predicted octanol–water partition coefficient (Wildman–Crippen LogP) is 30.3.